The summed E-state index contributed by atoms with van der Waals surface area (Å²) < 4.78 is 9.65. The van der Waals surface area contributed by atoms with Crippen molar-refractivity contribution in [3.63, 3.8) is 0 Å². The molecule has 0 saturated carbocycles. The highest BCUT2D eigenvalue weighted by Crippen LogP contribution is 2.19. The lowest BCUT2D eigenvalue weighted by Gasteiger charge is -2.14. The van der Waals surface area contributed by atoms with E-state index in [2.05, 4.69) is 14.7 Å². The maximum atomic E-state index is 12.2. The van der Waals surface area contributed by atoms with E-state index in [9.17, 15) is 4.79 Å². The molecular weight excluding hydrogens is 360 g/mol. The summed E-state index contributed by atoms with van der Waals surface area (Å²) in [7, 11) is 3.49. The van der Waals surface area contributed by atoms with Crippen LogP contribution in [0.1, 0.15) is 17.0 Å². The summed E-state index contributed by atoms with van der Waals surface area (Å²) in [6.07, 6.45) is 0.627. The van der Waals surface area contributed by atoms with E-state index in [4.69, 9.17) is 4.74 Å². The van der Waals surface area contributed by atoms with E-state index in [1.807, 2.05) is 66.5 Å². The number of nitrogens with one attached hydrogen (secondary N) is 1. The Bertz CT molecular complexity index is 882. The summed E-state index contributed by atoms with van der Waals surface area (Å²) >= 11 is 1.30. The first kappa shape index (κ1) is 18.8. The predicted octanol–water partition coefficient (Wildman–Crippen LogP) is 2.89. The lowest BCUT2D eigenvalue weighted by Crippen LogP contribution is -2.34. The van der Waals surface area contributed by atoms with Crippen LogP contribution in [0.25, 0.3) is 0 Å². The van der Waals surface area contributed by atoms with E-state index < -0.39 is 0 Å². The Morgan fingerprint density at radius 3 is 2.70 bits per heavy atom. The Balaban J connectivity index is 1.53. The van der Waals surface area contributed by atoms with Crippen molar-refractivity contribution in [2.24, 2.45) is 0 Å². The minimum absolute atomic E-state index is 0.0501. The number of likely N-dealkylation sites (N-methyl/N-ethyl adjacent to an activating group) is 1. The minimum Gasteiger partial charge on any atom is -0.497 e. The molecule has 0 unspecified atom stereocenters. The van der Waals surface area contributed by atoms with Crippen molar-refractivity contribution >= 4 is 22.6 Å². The Morgan fingerprint density at radius 2 is 1.93 bits per heavy atom. The molecule has 27 heavy (non-hydrogen) atoms. The molecule has 1 N–H and O–H groups in total. The zero-order valence-corrected chi connectivity index (χ0v) is 16.2. The van der Waals surface area contributed by atoms with Gasteiger partial charge in [0.05, 0.1) is 13.7 Å². The summed E-state index contributed by atoms with van der Waals surface area (Å²) in [5.41, 5.74) is 2.16. The van der Waals surface area contributed by atoms with Gasteiger partial charge in [-0.05, 0) is 23.3 Å². The zero-order chi connectivity index (χ0) is 19.1. The maximum absolute atomic E-state index is 12.2. The fraction of sp³-hybridized carbons (Fsp3) is 0.250. The van der Waals surface area contributed by atoms with Gasteiger partial charge in [-0.2, -0.15) is 4.37 Å². The molecule has 0 spiro atoms. The van der Waals surface area contributed by atoms with Gasteiger partial charge < -0.3 is 15.0 Å². The van der Waals surface area contributed by atoms with Gasteiger partial charge >= 0.3 is 0 Å². The number of hydrogen-bond acceptors (Lipinski definition) is 6. The Labute approximate surface area is 163 Å². The number of nitrogens with zero attached hydrogens (tertiary/aromatic N) is 3. The normalized spacial score (nSPS) is 10.4. The first-order valence-electron chi connectivity index (χ1n) is 8.61. The molecule has 3 rings (SSSR count). The highest BCUT2D eigenvalue weighted by molar-refractivity contribution is 7.09. The summed E-state index contributed by atoms with van der Waals surface area (Å²) in [6, 6.07) is 17.7. The molecule has 140 valence electrons. The molecule has 6 nitrogen and oxygen atoms in total. The Kier molecular flexibility index (Phi) is 6.38. The van der Waals surface area contributed by atoms with Gasteiger partial charge in [0.1, 0.15) is 11.6 Å². The quantitative estimate of drug-likeness (QED) is 0.649. The predicted molar refractivity (Wildman–Crippen MR) is 107 cm³/mol. The number of anilines is 1. The van der Waals surface area contributed by atoms with Crippen molar-refractivity contribution in [3.8, 4) is 5.75 Å². The third-order valence-electron chi connectivity index (χ3n) is 3.99. The van der Waals surface area contributed by atoms with Crippen molar-refractivity contribution in [2.75, 3.05) is 25.6 Å². The number of amides is 1. The largest absolute Gasteiger partial charge is 0.497 e. The van der Waals surface area contributed by atoms with Crippen LogP contribution in [0.15, 0.2) is 54.6 Å². The van der Waals surface area contributed by atoms with Gasteiger partial charge in [-0.1, -0.05) is 42.5 Å². The second kappa shape index (κ2) is 9.14. The van der Waals surface area contributed by atoms with Crippen LogP contribution in [0.2, 0.25) is 0 Å². The highest BCUT2D eigenvalue weighted by atomic mass is 32.1. The standard InChI is InChI=1S/C20H22N4O2S/c1-24(14-19(25)21-13-15-7-4-3-5-8-15)20-22-18(23-27-20)12-16-9-6-10-17(11-16)26-2/h3-11H,12-14H2,1-2H3,(H,21,25). The number of aromatic nitrogens is 2. The fourth-order valence-corrected chi connectivity index (χ4v) is 3.21. The van der Waals surface area contributed by atoms with E-state index >= 15 is 0 Å². The third-order valence-corrected chi connectivity index (χ3v) is 4.86. The molecule has 0 aliphatic heterocycles. The Morgan fingerprint density at radius 1 is 1.15 bits per heavy atom. The van der Waals surface area contributed by atoms with Crippen molar-refractivity contribution < 1.29 is 9.53 Å². The molecule has 0 atom stereocenters. The van der Waals surface area contributed by atoms with Crippen LogP contribution in [0.3, 0.4) is 0 Å². The van der Waals surface area contributed by atoms with Crippen LogP contribution in [0.4, 0.5) is 5.13 Å². The first-order chi connectivity index (χ1) is 13.1. The van der Waals surface area contributed by atoms with E-state index in [1.54, 1.807) is 7.11 Å². The molecule has 1 aromatic heterocycles. The van der Waals surface area contributed by atoms with Crippen molar-refractivity contribution in [1.29, 1.82) is 0 Å². The summed E-state index contributed by atoms with van der Waals surface area (Å²) in [5, 5.41) is 3.65. The molecular formula is C20H22N4O2S. The topological polar surface area (TPSA) is 67.3 Å². The van der Waals surface area contributed by atoms with Gasteiger partial charge in [0.15, 0.2) is 0 Å². The fourth-order valence-electron chi connectivity index (χ4n) is 2.57. The minimum atomic E-state index is -0.0501. The SMILES string of the molecule is COc1cccc(Cc2nsc(N(C)CC(=O)NCc3ccccc3)n2)c1. The van der Waals surface area contributed by atoms with Crippen LogP contribution in [0.5, 0.6) is 5.75 Å². The van der Waals surface area contributed by atoms with Gasteiger partial charge in [0, 0.05) is 31.5 Å². The molecule has 0 aliphatic rings. The van der Waals surface area contributed by atoms with Gasteiger partial charge in [-0.3, -0.25) is 4.79 Å². The molecule has 1 heterocycles. The van der Waals surface area contributed by atoms with Crippen molar-refractivity contribution in [1.82, 2.24) is 14.7 Å². The summed E-state index contributed by atoms with van der Waals surface area (Å²) in [6.45, 7) is 0.755. The van der Waals surface area contributed by atoms with E-state index in [-0.39, 0.29) is 12.5 Å². The number of hydrogen-bond donors (Lipinski definition) is 1. The van der Waals surface area contributed by atoms with E-state index in [1.165, 1.54) is 11.5 Å². The number of rotatable bonds is 8. The van der Waals surface area contributed by atoms with Crippen LogP contribution >= 0.6 is 11.5 Å². The van der Waals surface area contributed by atoms with Gasteiger partial charge in [0.2, 0.25) is 11.0 Å². The second-order valence-electron chi connectivity index (χ2n) is 6.14. The van der Waals surface area contributed by atoms with Gasteiger partial charge in [-0.15, -0.1) is 0 Å². The molecule has 2 aromatic carbocycles. The number of carbonyl (C=O) groups excluding carboxylic acids is 1. The Hall–Kier alpha value is -2.93. The molecule has 7 heteroatoms. The second-order valence-corrected chi connectivity index (χ2v) is 6.87. The number of ether oxygens (including phenoxy) is 1. The summed E-state index contributed by atoms with van der Waals surface area (Å²) in [5.74, 6) is 1.50. The van der Waals surface area contributed by atoms with Gasteiger partial charge in [-0.25, -0.2) is 4.98 Å². The molecule has 3 aromatic rings. The van der Waals surface area contributed by atoms with Crippen molar-refractivity contribution in [3.05, 3.63) is 71.5 Å². The van der Waals surface area contributed by atoms with E-state index in [0.717, 1.165) is 27.8 Å². The molecule has 1 amide bonds. The van der Waals surface area contributed by atoms with Gasteiger partial charge in [0.25, 0.3) is 0 Å². The van der Waals surface area contributed by atoms with Crippen LogP contribution in [-0.4, -0.2) is 36.0 Å². The monoisotopic (exact) mass is 382 g/mol. The lowest BCUT2D eigenvalue weighted by atomic mass is 10.1. The molecule has 0 radical (unpaired) electrons. The maximum Gasteiger partial charge on any atom is 0.239 e. The molecule has 0 aliphatic carbocycles. The summed E-state index contributed by atoms with van der Waals surface area (Å²) in [4.78, 5) is 18.5. The molecule has 0 fully saturated rings. The van der Waals surface area contributed by atoms with Crippen LogP contribution < -0.4 is 15.0 Å². The number of methoxy groups -OCH3 is 1. The van der Waals surface area contributed by atoms with Crippen LogP contribution in [0, 0.1) is 0 Å². The smallest absolute Gasteiger partial charge is 0.239 e. The first-order valence-corrected chi connectivity index (χ1v) is 9.38. The zero-order valence-electron chi connectivity index (χ0n) is 15.4. The average molecular weight is 382 g/mol. The number of benzene rings is 2. The van der Waals surface area contributed by atoms with Crippen LogP contribution in [-0.2, 0) is 17.8 Å². The highest BCUT2D eigenvalue weighted by Gasteiger charge is 2.13. The third kappa shape index (κ3) is 5.52. The van der Waals surface area contributed by atoms with E-state index in [0.29, 0.717) is 13.0 Å². The number of carbonyl (C=O) groups is 1. The molecule has 0 bridgehead atoms. The van der Waals surface area contributed by atoms with Crippen molar-refractivity contribution in [2.45, 2.75) is 13.0 Å². The lowest BCUT2D eigenvalue weighted by molar-refractivity contribution is -0.119. The average Bonchev–Trinajstić information content (AvgIpc) is 3.16. The molecule has 0 saturated heterocycles.